The summed E-state index contributed by atoms with van der Waals surface area (Å²) in [6, 6.07) is 0. The molecule has 6 nitrogen and oxygen atoms in total. The number of hydrogen-bond acceptors (Lipinski definition) is 4. The number of nitrogen functional groups attached to an aromatic ring is 1. The average Bonchev–Trinajstić information content (AvgIpc) is 2.34. The highest BCUT2D eigenvalue weighted by Crippen LogP contribution is 1.96. The smallest absolute Gasteiger partial charge is 0.369 e. The van der Waals surface area contributed by atoms with Crippen molar-refractivity contribution in [2.24, 2.45) is 0 Å². The first-order valence-corrected chi connectivity index (χ1v) is 2.96. The fourth-order valence-corrected chi connectivity index (χ4v) is 0.865. The summed E-state index contributed by atoms with van der Waals surface area (Å²) in [4.78, 5) is 20.4. The topological polar surface area (TPSA) is 89.1 Å². The van der Waals surface area contributed by atoms with Crippen LogP contribution in [0.3, 0.4) is 0 Å². The van der Waals surface area contributed by atoms with Gasteiger partial charge in [-0.25, -0.2) is 4.79 Å². The minimum atomic E-state index is -0.579. The Morgan fingerprint density at radius 2 is 2.36 bits per heavy atom. The molecule has 56 valence electrons. The van der Waals surface area contributed by atoms with Crippen LogP contribution in [0.2, 0.25) is 0 Å². The maximum Gasteiger partial charge on any atom is 0.373 e. The Balaban J connectivity index is 3.02. The Hall–Kier alpha value is -1.85. The van der Waals surface area contributed by atoms with Crippen LogP contribution in [0.5, 0.6) is 0 Å². The summed E-state index contributed by atoms with van der Waals surface area (Å²) in [6.45, 7) is 0. The van der Waals surface area contributed by atoms with Crippen molar-refractivity contribution in [2.45, 2.75) is 0 Å². The van der Waals surface area contributed by atoms with Crippen LogP contribution in [-0.4, -0.2) is 19.4 Å². The predicted octanol–water partition coefficient (Wildman–Crippen LogP) is -1.00. The fourth-order valence-electron chi connectivity index (χ4n) is 0.865. The molecule has 0 radical (unpaired) electrons. The predicted molar refractivity (Wildman–Crippen MR) is 38.0 cm³/mol. The van der Waals surface area contributed by atoms with Crippen LogP contribution >= 0.6 is 0 Å². The Bertz CT molecular complexity index is 441. The molecule has 0 fully saturated rings. The number of anilines is 1. The highest BCUT2D eigenvalue weighted by Gasteiger charge is 1.99. The molecule has 0 bridgehead atoms. The molecule has 2 aromatic heterocycles. The van der Waals surface area contributed by atoms with E-state index in [1.54, 1.807) is 12.4 Å². The first-order chi connectivity index (χ1) is 5.27. The number of nitrogens with zero attached hydrogens (tertiary/aromatic N) is 3. The second-order valence-electron chi connectivity index (χ2n) is 2.02. The van der Waals surface area contributed by atoms with Gasteiger partial charge in [0.2, 0.25) is 11.7 Å². The van der Waals surface area contributed by atoms with Crippen LogP contribution in [0.25, 0.3) is 5.78 Å². The lowest BCUT2D eigenvalue weighted by Crippen LogP contribution is -2.16. The highest BCUT2D eigenvalue weighted by atomic mass is 16.1. The van der Waals surface area contributed by atoms with E-state index in [4.69, 9.17) is 5.73 Å². The zero-order valence-electron chi connectivity index (χ0n) is 5.48. The number of rotatable bonds is 0. The van der Waals surface area contributed by atoms with Gasteiger partial charge in [0.1, 0.15) is 0 Å². The van der Waals surface area contributed by atoms with Crippen LogP contribution < -0.4 is 11.4 Å². The van der Waals surface area contributed by atoms with Crippen LogP contribution in [0.4, 0.5) is 5.95 Å². The summed E-state index contributed by atoms with van der Waals surface area (Å²) < 4.78 is 1.49. The molecule has 11 heavy (non-hydrogen) atoms. The van der Waals surface area contributed by atoms with Gasteiger partial charge in [0.05, 0.1) is 0 Å². The van der Waals surface area contributed by atoms with Gasteiger partial charge in [0, 0.05) is 12.4 Å². The number of aromatic amines is 1. The summed E-state index contributed by atoms with van der Waals surface area (Å²) in [5.74, 6) is 0.545. The Kier molecular flexibility index (Phi) is 0.974. The van der Waals surface area contributed by atoms with E-state index >= 15 is 0 Å². The van der Waals surface area contributed by atoms with E-state index in [0.717, 1.165) is 0 Å². The number of nitrogens with one attached hydrogen (secondary N) is 1. The van der Waals surface area contributed by atoms with E-state index < -0.39 is 5.69 Å². The largest absolute Gasteiger partial charge is 0.373 e. The minimum Gasteiger partial charge on any atom is -0.369 e. The number of imidazole rings is 1. The quantitative estimate of drug-likeness (QED) is 0.505. The van der Waals surface area contributed by atoms with E-state index in [-0.39, 0.29) is 5.95 Å². The molecule has 0 aliphatic carbocycles. The Morgan fingerprint density at radius 3 is 3.18 bits per heavy atom. The molecule has 0 atom stereocenters. The monoisotopic (exact) mass is 151 g/mol. The molecular formula is C5H5N5O. The maximum absolute atomic E-state index is 10.7. The van der Waals surface area contributed by atoms with E-state index in [2.05, 4.69) is 15.0 Å². The molecule has 6 heteroatoms. The van der Waals surface area contributed by atoms with E-state index in [1.165, 1.54) is 4.40 Å². The van der Waals surface area contributed by atoms with Gasteiger partial charge in [0.15, 0.2) is 0 Å². The van der Waals surface area contributed by atoms with Crippen molar-refractivity contribution in [3.8, 4) is 0 Å². The number of nitrogens with two attached hydrogens (primary N) is 1. The number of aromatic nitrogens is 4. The summed E-state index contributed by atoms with van der Waals surface area (Å²) in [5.41, 5.74) is 4.81. The van der Waals surface area contributed by atoms with Crippen molar-refractivity contribution in [3.63, 3.8) is 0 Å². The van der Waals surface area contributed by atoms with Crippen LogP contribution in [-0.2, 0) is 0 Å². The van der Waals surface area contributed by atoms with Gasteiger partial charge in [0.25, 0.3) is 0 Å². The third-order valence-corrected chi connectivity index (χ3v) is 1.32. The van der Waals surface area contributed by atoms with E-state index in [1.807, 2.05) is 0 Å². The molecule has 0 aliphatic rings. The van der Waals surface area contributed by atoms with E-state index in [0.29, 0.717) is 5.78 Å². The second-order valence-corrected chi connectivity index (χ2v) is 2.02. The molecule has 0 aliphatic heterocycles. The van der Waals surface area contributed by atoms with Gasteiger partial charge in [-0.1, -0.05) is 0 Å². The molecular weight excluding hydrogens is 146 g/mol. The van der Waals surface area contributed by atoms with Gasteiger partial charge in [-0.05, 0) is 0 Å². The molecule has 2 aromatic rings. The van der Waals surface area contributed by atoms with Gasteiger partial charge in [-0.15, -0.1) is 0 Å². The first-order valence-electron chi connectivity index (χ1n) is 2.96. The standard InChI is InChI=1S/C5H5N5O/c6-3-8-5(11)9-4-7-1-2-10(3)4/h1-2H,(H3,6,7,8,9,11). The Morgan fingerprint density at radius 1 is 1.55 bits per heavy atom. The first kappa shape index (κ1) is 5.90. The van der Waals surface area contributed by atoms with Crippen molar-refractivity contribution in [3.05, 3.63) is 22.9 Å². The number of hydrogen-bond donors (Lipinski definition) is 2. The van der Waals surface area contributed by atoms with Gasteiger partial charge >= 0.3 is 5.69 Å². The maximum atomic E-state index is 10.7. The molecule has 0 amide bonds. The number of H-pyrrole nitrogens is 1. The van der Waals surface area contributed by atoms with Gasteiger partial charge < -0.3 is 10.7 Å². The zero-order valence-corrected chi connectivity index (χ0v) is 5.48. The van der Waals surface area contributed by atoms with E-state index in [9.17, 15) is 4.79 Å². The van der Waals surface area contributed by atoms with Gasteiger partial charge in [-0.3, -0.25) is 4.40 Å². The van der Waals surface area contributed by atoms with Crippen LogP contribution in [0, 0.1) is 0 Å². The molecule has 2 rings (SSSR count). The SMILES string of the molecule is Nc1nc(=O)nc2[nH]ccn12. The van der Waals surface area contributed by atoms with Crippen molar-refractivity contribution in [2.75, 3.05) is 5.73 Å². The highest BCUT2D eigenvalue weighted by molar-refractivity contribution is 5.34. The summed E-state index contributed by atoms with van der Waals surface area (Å²) in [7, 11) is 0. The molecule has 2 heterocycles. The van der Waals surface area contributed by atoms with Crippen molar-refractivity contribution in [1.29, 1.82) is 0 Å². The molecule has 0 unspecified atom stereocenters. The molecule has 3 N–H and O–H groups in total. The third-order valence-electron chi connectivity index (χ3n) is 1.32. The lowest BCUT2D eigenvalue weighted by atomic mass is 10.8. The normalized spacial score (nSPS) is 10.5. The van der Waals surface area contributed by atoms with Crippen LogP contribution in [0.15, 0.2) is 17.2 Å². The minimum absolute atomic E-state index is 0.140. The summed E-state index contributed by atoms with van der Waals surface area (Å²) >= 11 is 0. The fraction of sp³-hybridized carbons (Fsp3) is 0. The third kappa shape index (κ3) is 0.759. The number of fused-ring (bicyclic) bond motifs is 1. The van der Waals surface area contributed by atoms with Crippen molar-refractivity contribution in [1.82, 2.24) is 19.4 Å². The summed E-state index contributed by atoms with van der Waals surface area (Å²) in [6.07, 6.45) is 3.27. The Labute approximate surface area is 60.7 Å². The molecule has 0 aromatic carbocycles. The average molecular weight is 151 g/mol. The van der Waals surface area contributed by atoms with Crippen LogP contribution in [0.1, 0.15) is 0 Å². The lowest BCUT2D eigenvalue weighted by molar-refractivity contribution is 0.981. The van der Waals surface area contributed by atoms with Gasteiger partial charge in [-0.2, -0.15) is 9.97 Å². The lowest BCUT2D eigenvalue weighted by Gasteiger charge is -1.93. The van der Waals surface area contributed by atoms with Crippen molar-refractivity contribution < 1.29 is 0 Å². The summed E-state index contributed by atoms with van der Waals surface area (Å²) in [5, 5.41) is 0. The zero-order chi connectivity index (χ0) is 7.84. The second kappa shape index (κ2) is 1.82. The van der Waals surface area contributed by atoms with Crippen molar-refractivity contribution >= 4 is 11.7 Å². The molecule has 0 saturated heterocycles. The molecule has 0 spiro atoms. The molecule has 0 saturated carbocycles.